The molecule has 2 N–H and O–H groups in total. The highest BCUT2D eigenvalue weighted by Gasteiger charge is 2.10. The number of hydrogen-bond acceptors (Lipinski definition) is 3. The zero-order valence-electron chi connectivity index (χ0n) is 9.99. The SMILES string of the molecule is Nc1cn(-c2ccccn2)nc1-c1cccc(Cl)c1. The van der Waals surface area contributed by atoms with Gasteiger partial charge in [-0.1, -0.05) is 29.8 Å². The van der Waals surface area contributed by atoms with Crippen LogP contribution >= 0.6 is 11.6 Å². The fraction of sp³-hybridized carbons (Fsp3) is 0. The highest BCUT2D eigenvalue weighted by molar-refractivity contribution is 6.30. The van der Waals surface area contributed by atoms with Crippen LogP contribution in [0.25, 0.3) is 17.1 Å². The van der Waals surface area contributed by atoms with Gasteiger partial charge < -0.3 is 5.73 Å². The smallest absolute Gasteiger partial charge is 0.153 e. The fourth-order valence-electron chi connectivity index (χ4n) is 1.85. The van der Waals surface area contributed by atoms with E-state index in [1.165, 1.54) is 0 Å². The van der Waals surface area contributed by atoms with E-state index < -0.39 is 0 Å². The average Bonchev–Trinajstić information content (AvgIpc) is 2.82. The molecular formula is C14H11ClN4. The van der Waals surface area contributed by atoms with Crippen LogP contribution < -0.4 is 5.73 Å². The fourth-order valence-corrected chi connectivity index (χ4v) is 2.04. The van der Waals surface area contributed by atoms with Crippen molar-refractivity contribution in [2.45, 2.75) is 0 Å². The van der Waals surface area contributed by atoms with Crippen molar-refractivity contribution in [3.05, 3.63) is 59.9 Å². The van der Waals surface area contributed by atoms with Crippen LogP contribution in [-0.4, -0.2) is 14.8 Å². The molecule has 3 rings (SSSR count). The van der Waals surface area contributed by atoms with Crippen LogP contribution in [0.2, 0.25) is 5.02 Å². The van der Waals surface area contributed by atoms with Crippen molar-refractivity contribution in [2.24, 2.45) is 0 Å². The zero-order chi connectivity index (χ0) is 13.2. The molecule has 3 aromatic rings. The van der Waals surface area contributed by atoms with E-state index >= 15 is 0 Å². The summed E-state index contributed by atoms with van der Waals surface area (Å²) in [5, 5.41) is 5.12. The molecule has 0 aliphatic heterocycles. The summed E-state index contributed by atoms with van der Waals surface area (Å²) < 4.78 is 1.66. The zero-order valence-corrected chi connectivity index (χ0v) is 10.7. The van der Waals surface area contributed by atoms with Gasteiger partial charge in [-0.3, -0.25) is 0 Å². The predicted octanol–water partition coefficient (Wildman–Crippen LogP) is 3.17. The summed E-state index contributed by atoms with van der Waals surface area (Å²) in [6.07, 6.45) is 3.46. The lowest BCUT2D eigenvalue weighted by atomic mass is 10.1. The van der Waals surface area contributed by atoms with E-state index in [0.717, 1.165) is 11.4 Å². The molecule has 94 valence electrons. The van der Waals surface area contributed by atoms with Gasteiger partial charge >= 0.3 is 0 Å². The van der Waals surface area contributed by atoms with Gasteiger partial charge in [-0.15, -0.1) is 0 Å². The Kier molecular flexibility index (Phi) is 2.93. The van der Waals surface area contributed by atoms with Crippen LogP contribution in [0, 0.1) is 0 Å². The molecule has 5 heteroatoms. The van der Waals surface area contributed by atoms with Gasteiger partial charge in [-0.2, -0.15) is 5.10 Å². The number of hydrogen-bond donors (Lipinski definition) is 1. The van der Waals surface area contributed by atoms with Gasteiger partial charge in [-0.05, 0) is 24.3 Å². The van der Waals surface area contributed by atoms with Crippen molar-refractivity contribution in [3.63, 3.8) is 0 Å². The maximum Gasteiger partial charge on any atom is 0.153 e. The van der Waals surface area contributed by atoms with E-state index in [2.05, 4.69) is 10.1 Å². The molecule has 2 aromatic heterocycles. The van der Waals surface area contributed by atoms with Crippen molar-refractivity contribution in [1.29, 1.82) is 0 Å². The van der Waals surface area contributed by atoms with Gasteiger partial charge in [0.05, 0.1) is 11.9 Å². The van der Waals surface area contributed by atoms with Crippen LogP contribution in [0.3, 0.4) is 0 Å². The third-order valence-electron chi connectivity index (χ3n) is 2.72. The summed E-state index contributed by atoms with van der Waals surface area (Å²) in [6, 6.07) is 13.1. The van der Waals surface area contributed by atoms with E-state index in [1.807, 2.05) is 42.5 Å². The van der Waals surface area contributed by atoms with Gasteiger partial charge in [0.1, 0.15) is 5.69 Å². The van der Waals surface area contributed by atoms with Gasteiger partial charge in [0.2, 0.25) is 0 Å². The number of halogens is 1. The largest absolute Gasteiger partial charge is 0.396 e. The lowest BCUT2D eigenvalue weighted by Gasteiger charge is -1.99. The number of pyridine rings is 1. The van der Waals surface area contributed by atoms with Crippen molar-refractivity contribution in [2.75, 3.05) is 5.73 Å². The van der Waals surface area contributed by atoms with Gasteiger partial charge in [0.15, 0.2) is 5.82 Å². The predicted molar refractivity (Wildman–Crippen MR) is 76.2 cm³/mol. The Hall–Kier alpha value is -2.33. The molecule has 0 spiro atoms. The molecule has 0 aliphatic carbocycles. The lowest BCUT2D eigenvalue weighted by Crippen LogP contribution is -1.97. The van der Waals surface area contributed by atoms with E-state index in [4.69, 9.17) is 17.3 Å². The molecule has 0 fully saturated rings. The Labute approximate surface area is 115 Å². The quantitative estimate of drug-likeness (QED) is 0.778. The van der Waals surface area contributed by atoms with Crippen molar-refractivity contribution in [1.82, 2.24) is 14.8 Å². The Balaban J connectivity index is 2.08. The maximum absolute atomic E-state index is 6.01. The lowest BCUT2D eigenvalue weighted by molar-refractivity contribution is 0.850. The second kappa shape index (κ2) is 4.74. The Bertz CT molecular complexity index is 706. The van der Waals surface area contributed by atoms with E-state index in [9.17, 15) is 0 Å². The van der Waals surface area contributed by atoms with Gasteiger partial charge in [-0.25, -0.2) is 9.67 Å². The Morgan fingerprint density at radius 1 is 1.11 bits per heavy atom. The molecule has 4 nitrogen and oxygen atoms in total. The highest BCUT2D eigenvalue weighted by atomic mass is 35.5. The summed E-state index contributed by atoms with van der Waals surface area (Å²) in [6.45, 7) is 0. The summed E-state index contributed by atoms with van der Waals surface area (Å²) >= 11 is 5.98. The monoisotopic (exact) mass is 270 g/mol. The molecule has 0 amide bonds. The summed E-state index contributed by atoms with van der Waals surface area (Å²) in [5.74, 6) is 0.725. The number of nitrogen functional groups attached to an aromatic ring is 1. The van der Waals surface area contributed by atoms with Crippen molar-refractivity contribution >= 4 is 17.3 Å². The first kappa shape index (κ1) is 11.7. The molecule has 0 saturated heterocycles. The number of rotatable bonds is 2. The van der Waals surface area contributed by atoms with Crippen LogP contribution in [0.4, 0.5) is 5.69 Å². The van der Waals surface area contributed by atoms with Crippen molar-refractivity contribution in [3.8, 4) is 17.1 Å². The van der Waals surface area contributed by atoms with Crippen molar-refractivity contribution < 1.29 is 0 Å². The molecule has 0 bridgehead atoms. The first-order valence-corrected chi connectivity index (χ1v) is 6.14. The molecule has 1 aromatic carbocycles. The average molecular weight is 271 g/mol. The first-order chi connectivity index (χ1) is 9.24. The molecule has 0 atom stereocenters. The number of nitrogens with zero attached hydrogens (tertiary/aromatic N) is 3. The van der Waals surface area contributed by atoms with E-state index in [-0.39, 0.29) is 0 Å². The third kappa shape index (κ3) is 2.30. The number of nitrogens with two attached hydrogens (primary N) is 1. The van der Waals surface area contributed by atoms with Crippen LogP contribution in [-0.2, 0) is 0 Å². The normalized spacial score (nSPS) is 10.6. The minimum atomic E-state index is 0.591. The number of benzene rings is 1. The second-order valence-electron chi connectivity index (χ2n) is 4.08. The minimum absolute atomic E-state index is 0.591. The van der Waals surface area contributed by atoms with Gasteiger partial charge in [0.25, 0.3) is 0 Å². The third-order valence-corrected chi connectivity index (χ3v) is 2.96. The summed E-state index contributed by atoms with van der Waals surface area (Å²) in [4.78, 5) is 4.23. The molecular weight excluding hydrogens is 260 g/mol. The summed E-state index contributed by atoms with van der Waals surface area (Å²) in [7, 11) is 0. The molecule has 0 saturated carbocycles. The maximum atomic E-state index is 6.01. The van der Waals surface area contributed by atoms with Crippen LogP contribution in [0.1, 0.15) is 0 Å². The first-order valence-electron chi connectivity index (χ1n) is 5.76. The molecule has 2 heterocycles. The van der Waals surface area contributed by atoms with Crippen LogP contribution in [0.5, 0.6) is 0 Å². The minimum Gasteiger partial charge on any atom is -0.396 e. The molecule has 0 aliphatic rings. The standard InChI is InChI=1S/C14H11ClN4/c15-11-5-3-4-10(8-11)14-12(16)9-19(18-14)13-6-1-2-7-17-13/h1-9H,16H2. The molecule has 0 radical (unpaired) electrons. The van der Waals surface area contributed by atoms with Gasteiger partial charge in [0, 0.05) is 16.8 Å². The summed E-state index contributed by atoms with van der Waals surface area (Å²) in [5.41, 5.74) is 8.19. The highest BCUT2D eigenvalue weighted by Crippen LogP contribution is 2.26. The number of aromatic nitrogens is 3. The number of anilines is 1. The Morgan fingerprint density at radius 3 is 2.74 bits per heavy atom. The van der Waals surface area contributed by atoms with E-state index in [1.54, 1.807) is 17.1 Å². The van der Waals surface area contributed by atoms with E-state index in [0.29, 0.717) is 16.4 Å². The molecule has 0 unspecified atom stereocenters. The topological polar surface area (TPSA) is 56.7 Å². The molecule has 19 heavy (non-hydrogen) atoms. The second-order valence-corrected chi connectivity index (χ2v) is 4.51. The van der Waals surface area contributed by atoms with Crippen LogP contribution in [0.15, 0.2) is 54.9 Å². The Morgan fingerprint density at radius 2 is 2.00 bits per heavy atom.